The van der Waals surface area contributed by atoms with Crippen molar-refractivity contribution in [1.29, 1.82) is 0 Å². The molecule has 2 aromatic heterocycles. The van der Waals surface area contributed by atoms with Crippen LogP contribution in [0.25, 0.3) is 0 Å². The number of thiazole rings is 1. The summed E-state index contributed by atoms with van der Waals surface area (Å²) in [4.78, 5) is 15.1. The molecule has 3 atom stereocenters. The summed E-state index contributed by atoms with van der Waals surface area (Å²) in [6.07, 6.45) is 7.69. The normalized spacial score (nSPS) is 27.6. The van der Waals surface area contributed by atoms with Crippen LogP contribution < -0.4 is 9.64 Å². The van der Waals surface area contributed by atoms with Gasteiger partial charge in [0.15, 0.2) is 5.13 Å². The highest BCUT2D eigenvalue weighted by Crippen LogP contribution is 2.37. The Hall–Kier alpha value is -1.73. The molecule has 4 rings (SSSR count). The topological polar surface area (TPSA) is 60.4 Å². The third kappa shape index (κ3) is 2.66. The minimum absolute atomic E-state index is 0.210. The summed E-state index contributed by atoms with van der Waals surface area (Å²) in [6.45, 7) is 2.28. The molecule has 2 aliphatic rings. The van der Waals surface area contributed by atoms with Crippen LogP contribution in [0.15, 0.2) is 30.0 Å². The van der Waals surface area contributed by atoms with Crippen molar-refractivity contribution in [2.75, 3.05) is 24.7 Å². The SMILES string of the molecule is c1cnc(OCC2CCC3C2OCCN3c2nccs2)nc1. The van der Waals surface area contributed by atoms with Gasteiger partial charge in [0.1, 0.15) is 0 Å². The van der Waals surface area contributed by atoms with Gasteiger partial charge in [-0.15, -0.1) is 11.3 Å². The summed E-state index contributed by atoms with van der Waals surface area (Å²) in [7, 11) is 0. The number of rotatable bonds is 4. The van der Waals surface area contributed by atoms with Crippen molar-refractivity contribution >= 4 is 16.5 Å². The first kappa shape index (κ1) is 13.9. The molecular formula is C15H18N4O2S. The summed E-state index contributed by atoms with van der Waals surface area (Å²) < 4.78 is 11.8. The number of hydrogen-bond acceptors (Lipinski definition) is 7. The molecule has 1 aliphatic heterocycles. The van der Waals surface area contributed by atoms with Gasteiger partial charge in [0.25, 0.3) is 0 Å². The molecule has 7 heteroatoms. The number of anilines is 1. The quantitative estimate of drug-likeness (QED) is 0.859. The maximum atomic E-state index is 6.05. The molecule has 0 N–H and O–H groups in total. The second kappa shape index (κ2) is 6.18. The molecule has 2 fully saturated rings. The van der Waals surface area contributed by atoms with Gasteiger partial charge in [-0.2, -0.15) is 0 Å². The van der Waals surface area contributed by atoms with E-state index in [0.29, 0.717) is 24.6 Å². The van der Waals surface area contributed by atoms with Gasteiger partial charge < -0.3 is 14.4 Å². The number of morpholine rings is 1. The summed E-state index contributed by atoms with van der Waals surface area (Å²) in [5.74, 6) is 0.386. The molecule has 2 aromatic rings. The van der Waals surface area contributed by atoms with Gasteiger partial charge in [-0.25, -0.2) is 15.0 Å². The lowest BCUT2D eigenvalue weighted by Gasteiger charge is -2.39. The molecule has 22 heavy (non-hydrogen) atoms. The largest absolute Gasteiger partial charge is 0.463 e. The Labute approximate surface area is 133 Å². The maximum Gasteiger partial charge on any atom is 0.316 e. The molecule has 3 unspecified atom stereocenters. The minimum atomic E-state index is 0.210. The zero-order chi connectivity index (χ0) is 14.8. The molecule has 1 saturated heterocycles. The highest BCUT2D eigenvalue weighted by Gasteiger charge is 2.43. The molecule has 0 amide bonds. The summed E-state index contributed by atoms with van der Waals surface area (Å²) >= 11 is 1.70. The van der Waals surface area contributed by atoms with Gasteiger partial charge in [0, 0.05) is 36.4 Å². The smallest absolute Gasteiger partial charge is 0.316 e. The average molecular weight is 318 g/mol. The Morgan fingerprint density at radius 1 is 1.23 bits per heavy atom. The molecular weight excluding hydrogens is 300 g/mol. The Bertz CT molecular complexity index is 595. The Kier molecular flexibility index (Phi) is 3.90. The molecule has 0 bridgehead atoms. The zero-order valence-electron chi connectivity index (χ0n) is 12.2. The van der Waals surface area contributed by atoms with E-state index < -0.39 is 0 Å². The van der Waals surface area contributed by atoms with Crippen molar-refractivity contribution in [3.8, 4) is 6.01 Å². The monoisotopic (exact) mass is 318 g/mol. The Morgan fingerprint density at radius 3 is 2.95 bits per heavy atom. The zero-order valence-corrected chi connectivity index (χ0v) is 13.0. The fraction of sp³-hybridized carbons (Fsp3) is 0.533. The lowest BCUT2D eigenvalue weighted by Crippen LogP contribution is -2.51. The predicted octanol–water partition coefficient (Wildman–Crippen LogP) is 2.00. The van der Waals surface area contributed by atoms with E-state index in [0.717, 1.165) is 31.1 Å². The van der Waals surface area contributed by atoms with Crippen molar-refractivity contribution in [3.05, 3.63) is 30.0 Å². The first-order valence-corrected chi connectivity index (χ1v) is 8.47. The van der Waals surface area contributed by atoms with Crippen LogP contribution >= 0.6 is 11.3 Å². The van der Waals surface area contributed by atoms with Crippen LogP contribution in [0.5, 0.6) is 6.01 Å². The molecule has 6 nitrogen and oxygen atoms in total. The van der Waals surface area contributed by atoms with Crippen molar-refractivity contribution in [3.63, 3.8) is 0 Å². The van der Waals surface area contributed by atoms with Crippen molar-refractivity contribution in [2.24, 2.45) is 5.92 Å². The highest BCUT2D eigenvalue weighted by atomic mass is 32.1. The third-order valence-electron chi connectivity index (χ3n) is 4.35. The van der Waals surface area contributed by atoms with Gasteiger partial charge in [-0.05, 0) is 18.9 Å². The number of ether oxygens (including phenoxy) is 2. The Morgan fingerprint density at radius 2 is 2.14 bits per heavy atom. The summed E-state index contributed by atoms with van der Waals surface area (Å²) in [5, 5.41) is 3.13. The highest BCUT2D eigenvalue weighted by molar-refractivity contribution is 7.13. The number of aromatic nitrogens is 3. The van der Waals surface area contributed by atoms with Gasteiger partial charge in [-0.3, -0.25) is 0 Å². The van der Waals surface area contributed by atoms with Crippen LogP contribution in [0.4, 0.5) is 5.13 Å². The summed E-state index contributed by atoms with van der Waals surface area (Å²) in [6, 6.07) is 2.64. The van der Waals surface area contributed by atoms with E-state index in [-0.39, 0.29) is 6.10 Å². The fourth-order valence-corrected chi connectivity index (χ4v) is 4.10. The molecule has 0 radical (unpaired) electrons. The first-order chi connectivity index (χ1) is 10.9. The van der Waals surface area contributed by atoms with Crippen LogP contribution in [0, 0.1) is 5.92 Å². The van der Waals surface area contributed by atoms with E-state index in [4.69, 9.17) is 9.47 Å². The predicted molar refractivity (Wildman–Crippen MR) is 83.2 cm³/mol. The van der Waals surface area contributed by atoms with Gasteiger partial charge in [0.05, 0.1) is 25.4 Å². The van der Waals surface area contributed by atoms with Crippen molar-refractivity contribution < 1.29 is 9.47 Å². The lowest BCUT2D eigenvalue weighted by atomic mass is 10.0. The molecule has 0 spiro atoms. The standard InChI is InChI=1S/C15H18N4O2S/c1-4-16-14(17-5-1)21-10-11-2-3-12-13(11)20-8-7-19(12)15-18-6-9-22-15/h1,4-6,9,11-13H,2-3,7-8,10H2. The second-order valence-corrected chi connectivity index (χ2v) is 6.46. The lowest BCUT2D eigenvalue weighted by molar-refractivity contribution is -0.0133. The summed E-state index contributed by atoms with van der Waals surface area (Å²) in [5.41, 5.74) is 0. The number of hydrogen-bond donors (Lipinski definition) is 0. The van der Waals surface area contributed by atoms with Gasteiger partial charge in [-0.1, -0.05) is 0 Å². The fourth-order valence-electron chi connectivity index (χ4n) is 3.38. The number of fused-ring (bicyclic) bond motifs is 1. The molecule has 1 aliphatic carbocycles. The molecule has 0 aromatic carbocycles. The number of nitrogens with zero attached hydrogens (tertiary/aromatic N) is 4. The van der Waals surface area contributed by atoms with Gasteiger partial charge >= 0.3 is 6.01 Å². The van der Waals surface area contributed by atoms with E-state index in [1.165, 1.54) is 0 Å². The average Bonchev–Trinajstić information content (AvgIpc) is 3.23. The van der Waals surface area contributed by atoms with Crippen LogP contribution in [0.2, 0.25) is 0 Å². The molecule has 3 heterocycles. The van der Waals surface area contributed by atoms with Gasteiger partial charge in [0.2, 0.25) is 0 Å². The van der Waals surface area contributed by atoms with E-state index in [9.17, 15) is 0 Å². The maximum absolute atomic E-state index is 6.05. The van der Waals surface area contributed by atoms with E-state index in [1.807, 2.05) is 11.6 Å². The minimum Gasteiger partial charge on any atom is -0.463 e. The van der Waals surface area contributed by atoms with Crippen LogP contribution in [0.3, 0.4) is 0 Å². The van der Waals surface area contributed by atoms with Crippen LogP contribution in [-0.4, -0.2) is 46.9 Å². The van der Waals surface area contributed by atoms with Crippen LogP contribution in [0.1, 0.15) is 12.8 Å². The van der Waals surface area contributed by atoms with Crippen molar-refractivity contribution in [1.82, 2.24) is 15.0 Å². The second-order valence-electron chi connectivity index (χ2n) is 5.59. The Balaban J connectivity index is 1.42. The van der Waals surface area contributed by atoms with E-state index in [2.05, 4.69) is 19.9 Å². The molecule has 1 saturated carbocycles. The molecule has 116 valence electrons. The van der Waals surface area contributed by atoms with Crippen molar-refractivity contribution in [2.45, 2.75) is 25.0 Å². The van der Waals surface area contributed by atoms with Crippen LogP contribution in [-0.2, 0) is 4.74 Å². The third-order valence-corrected chi connectivity index (χ3v) is 5.16. The van der Waals surface area contributed by atoms with E-state index >= 15 is 0 Å². The van der Waals surface area contributed by atoms with E-state index in [1.54, 1.807) is 29.8 Å². The first-order valence-electron chi connectivity index (χ1n) is 7.59.